The lowest BCUT2D eigenvalue weighted by atomic mass is 9.85. The summed E-state index contributed by atoms with van der Waals surface area (Å²) in [5.74, 6) is -0.582. The van der Waals surface area contributed by atoms with Crippen LogP contribution in [0.1, 0.15) is 43.5 Å². The predicted octanol–water partition coefficient (Wildman–Crippen LogP) is 1.07. The van der Waals surface area contributed by atoms with Gasteiger partial charge < -0.3 is 20.2 Å². The fourth-order valence-corrected chi connectivity index (χ4v) is 2.70. The zero-order valence-corrected chi connectivity index (χ0v) is 12.4. The van der Waals surface area contributed by atoms with Gasteiger partial charge in [0.2, 0.25) is 5.91 Å². The molecule has 1 aromatic heterocycles. The summed E-state index contributed by atoms with van der Waals surface area (Å²) in [7, 11) is 0. The lowest BCUT2D eigenvalue weighted by Gasteiger charge is -2.31. The van der Waals surface area contributed by atoms with Crippen LogP contribution in [0, 0.1) is 5.41 Å². The molecular formula is C15H22N2O4. The predicted molar refractivity (Wildman–Crippen MR) is 76.6 cm³/mol. The summed E-state index contributed by atoms with van der Waals surface area (Å²) in [4.78, 5) is 24.0. The van der Waals surface area contributed by atoms with E-state index in [9.17, 15) is 14.7 Å². The van der Waals surface area contributed by atoms with E-state index >= 15 is 0 Å². The van der Waals surface area contributed by atoms with Gasteiger partial charge in [0.15, 0.2) is 0 Å². The highest BCUT2D eigenvalue weighted by molar-refractivity contribution is 5.97. The quantitative estimate of drug-likeness (QED) is 0.757. The van der Waals surface area contributed by atoms with E-state index in [0.717, 1.165) is 19.3 Å². The van der Waals surface area contributed by atoms with E-state index in [1.807, 2.05) is 6.92 Å². The molecule has 1 aliphatic rings. The Morgan fingerprint density at radius 1 is 1.57 bits per heavy atom. The summed E-state index contributed by atoms with van der Waals surface area (Å²) >= 11 is 0. The normalized spacial score (nSPS) is 26.3. The number of carbonyl (C=O) groups excluding carboxylic acids is 2. The van der Waals surface area contributed by atoms with Crippen molar-refractivity contribution in [3.8, 4) is 0 Å². The van der Waals surface area contributed by atoms with Gasteiger partial charge in [-0.2, -0.15) is 0 Å². The zero-order chi connectivity index (χ0) is 15.5. The Morgan fingerprint density at radius 3 is 2.95 bits per heavy atom. The van der Waals surface area contributed by atoms with E-state index in [0.29, 0.717) is 5.56 Å². The molecule has 0 aromatic carbocycles. The first-order valence-corrected chi connectivity index (χ1v) is 7.20. The summed E-state index contributed by atoms with van der Waals surface area (Å²) in [6.45, 7) is 3.66. The van der Waals surface area contributed by atoms with Gasteiger partial charge in [-0.15, -0.1) is 0 Å². The summed E-state index contributed by atoms with van der Waals surface area (Å²) in [6.07, 6.45) is 5.47. The standard InChI is InChI=1S/C15H22N2O4/c1-10(16-14(20)11-5-7-21-8-11)13(19)17-12-4-3-6-15(12,2)9-18/h5,7-8,10,12,18H,3-4,6,9H2,1-2H3,(H,16,20)(H,17,19)/t10-,12-,15-/m0/s1. The van der Waals surface area contributed by atoms with Gasteiger partial charge in [0.1, 0.15) is 12.3 Å². The van der Waals surface area contributed by atoms with Gasteiger partial charge in [-0.25, -0.2) is 0 Å². The second-order valence-corrected chi connectivity index (χ2v) is 5.97. The van der Waals surface area contributed by atoms with Crippen molar-refractivity contribution in [3.05, 3.63) is 24.2 Å². The van der Waals surface area contributed by atoms with Gasteiger partial charge in [-0.3, -0.25) is 9.59 Å². The summed E-state index contributed by atoms with van der Waals surface area (Å²) in [6, 6.07) is 0.846. The second-order valence-electron chi connectivity index (χ2n) is 5.97. The number of nitrogens with one attached hydrogen (secondary N) is 2. The van der Waals surface area contributed by atoms with Gasteiger partial charge in [-0.1, -0.05) is 13.3 Å². The molecule has 1 saturated carbocycles. The number of carbonyl (C=O) groups is 2. The SMILES string of the molecule is C[C@H](NC(=O)c1ccoc1)C(=O)N[C@H]1CCC[C@@]1(C)CO. The van der Waals surface area contributed by atoms with Crippen molar-refractivity contribution in [2.45, 2.75) is 45.2 Å². The van der Waals surface area contributed by atoms with E-state index in [-0.39, 0.29) is 29.9 Å². The Balaban J connectivity index is 1.89. The summed E-state index contributed by atoms with van der Waals surface area (Å²) in [5.41, 5.74) is 0.111. The number of aliphatic hydroxyl groups is 1. The maximum absolute atomic E-state index is 12.2. The van der Waals surface area contributed by atoms with Crippen LogP contribution in [0.2, 0.25) is 0 Å². The third-order valence-electron chi connectivity index (χ3n) is 4.28. The van der Waals surface area contributed by atoms with Crippen LogP contribution >= 0.6 is 0 Å². The first-order valence-electron chi connectivity index (χ1n) is 7.20. The van der Waals surface area contributed by atoms with Crippen molar-refractivity contribution in [3.63, 3.8) is 0 Å². The largest absolute Gasteiger partial charge is 0.472 e. The molecule has 21 heavy (non-hydrogen) atoms. The summed E-state index contributed by atoms with van der Waals surface area (Å²) < 4.78 is 4.84. The number of hydrogen-bond acceptors (Lipinski definition) is 4. The maximum Gasteiger partial charge on any atom is 0.255 e. The van der Waals surface area contributed by atoms with Crippen LogP contribution < -0.4 is 10.6 Å². The highest BCUT2D eigenvalue weighted by Gasteiger charge is 2.39. The van der Waals surface area contributed by atoms with E-state index < -0.39 is 6.04 Å². The third-order valence-corrected chi connectivity index (χ3v) is 4.28. The Hall–Kier alpha value is -1.82. The third kappa shape index (κ3) is 3.44. The lowest BCUT2D eigenvalue weighted by Crippen LogP contribution is -2.51. The van der Waals surface area contributed by atoms with Crippen molar-refractivity contribution in [2.24, 2.45) is 5.41 Å². The molecule has 3 atom stereocenters. The number of aliphatic hydroxyl groups excluding tert-OH is 1. The fourth-order valence-electron chi connectivity index (χ4n) is 2.70. The molecule has 1 heterocycles. The molecule has 1 fully saturated rings. The smallest absolute Gasteiger partial charge is 0.255 e. The van der Waals surface area contributed by atoms with E-state index in [4.69, 9.17) is 4.42 Å². The lowest BCUT2D eigenvalue weighted by molar-refractivity contribution is -0.124. The van der Waals surface area contributed by atoms with E-state index in [1.54, 1.807) is 13.0 Å². The van der Waals surface area contributed by atoms with Crippen LogP contribution in [0.25, 0.3) is 0 Å². The van der Waals surface area contributed by atoms with Crippen molar-refractivity contribution >= 4 is 11.8 Å². The molecule has 6 nitrogen and oxygen atoms in total. The summed E-state index contributed by atoms with van der Waals surface area (Å²) in [5, 5.41) is 15.0. The molecule has 0 radical (unpaired) electrons. The molecule has 3 N–H and O–H groups in total. The number of rotatable bonds is 5. The fraction of sp³-hybridized carbons (Fsp3) is 0.600. The van der Waals surface area contributed by atoms with Crippen LogP contribution in [0.3, 0.4) is 0 Å². The van der Waals surface area contributed by atoms with Gasteiger partial charge in [-0.05, 0) is 25.8 Å². The van der Waals surface area contributed by atoms with Gasteiger partial charge in [0, 0.05) is 11.5 Å². The van der Waals surface area contributed by atoms with Crippen molar-refractivity contribution < 1.29 is 19.1 Å². The molecule has 2 amide bonds. The highest BCUT2D eigenvalue weighted by atomic mass is 16.3. The van der Waals surface area contributed by atoms with Crippen LogP contribution in [0.4, 0.5) is 0 Å². The molecular weight excluding hydrogens is 272 g/mol. The Morgan fingerprint density at radius 2 is 2.33 bits per heavy atom. The molecule has 0 aliphatic heterocycles. The molecule has 2 rings (SSSR count). The minimum absolute atomic E-state index is 0.0493. The number of hydrogen-bond donors (Lipinski definition) is 3. The van der Waals surface area contributed by atoms with Gasteiger partial charge in [0.25, 0.3) is 5.91 Å². The van der Waals surface area contributed by atoms with Crippen molar-refractivity contribution in [1.29, 1.82) is 0 Å². The van der Waals surface area contributed by atoms with Crippen molar-refractivity contribution in [1.82, 2.24) is 10.6 Å². The molecule has 116 valence electrons. The van der Waals surface area contributed by atoms with Crippen LogP contribution in [0.5, 0.6) is 0 Å². The average molecular weight is 294 g/mol. The maximum atomic E-state index is 12.2. The Kier molecular flexibility index (Phi) is 4.67. The number of furan rings is 1. The Labute approximate surface area is 123 Å². The molecule has 0 spiro atoms. The molecule has 6 heteroatoms. The second kappa shape index (κ2) is 6.30. The van der Waals surface area contributed by atoms with Gasteiger partial charge >= 0.3 is 0 Å². The van der Waals surface area contributed by atoms with Crippen molar-refractivity contribution in [2.75, 3.05) is 6.61 Å². The van der Waals surface area contributed by atoms with Crippen LogP contribution in [-0.4, -0.2) is 35.6 Å². The minimum atomic E-state index is -0.643. The van der Waals surface area contributed by atoms with Crippen LogP contribution in [-0.2, 0) is 4.79 Å². The molecule has 1 aromatic rings. The topological polar surface area (TPSA) is 91.6 Å². The minimum Gasteiger partial charge on any atom is -0.472 e. The molecule has 0 saturated heterocycles. The van der Waals surface area contributed by atoms with Gasteiger partial charge in [0.05, 0.1) is 18.4 Å². The molecule has 0 bridgehead atoms. The first kappa shape index (κ1) is 15.6. The zero-order valence-electron chi connectivity index (χ0n) is 12.4. The van der Waals surface area contributed by atoms with E-state index in [2.05, 4.69) is 10.6 Å². The molecule has 0 unspecified atom stereocenters. The first-order chi connectivity index (χ1) is 9.96. The number of amides is 2. The van der Waals surface area contributed by atoms with Crippen LogP contribution in [0.15, 0.2) is 23.0 Å². The molecule has 1 aliphatic carbocycles. The Bertz CT molecular complexity index is 500. The highest BCUT2D eigenvalue weighted by Crippen LogP contribution is 2.37. The average Bonchev–Trinajstić information content (AvgIpc) is 3.10. The van der Waals surface area contributed by atoms with E-state index in [1.165, 1.54) is 12.5 Å². The monoisotopic (exact) mass is 294 g/mol.